The van der Waals surface area contributed by atoms with Gasteiger partial charge in [-0.2, -0.15) is 0 Å². The average molecular weight is 358 g/mol. The first-order valence-electron chi connectivity index (χ1n) is 8.36. The van der Waals surface area contributed by atoms with Crippen molar-refractivity contribution in [1.29, 1.82) is 0 Å². The molecular formula is C20H22O6. The molecule has 0 radical (unpaired) electrons. The summed E-state index contributed by atoms with van der Waals surface area (Å²) in [6.45, 7) is 3.13. The minimum Gasteiger partial charge on any atom is -0.496 e. The Morgan fingerprint density at radius 2 is 1.85 bits per heavy atom. The third-order valence-corrected chi connectivity index (χ3v) is 4.12. The van der Waals surface area contributed by atoms with Crippen molar-refractivity contribution in [3.8, 4) is 5.75 Å². The van der Waals surface area contributed by atoms with Gasteiger partial charge in [0.25, 0.3) is 0 Å². The van der Waals surface area contributed by atoms with Crippen LogP contribution in [0.15, 0.2) is 47.1 Å². The van der Waals surface area contributed by atoms with E-state index in [1.54, 1.807) is 43.3 Å². The lowest BCUT2D eigenvalue weighted by atomic mass is 9.79. The molecule has 0 aliphatic heterocycles. The second-order valence-electron chi connectivity index (χ2n) is 5.79. The summed E-state index contributed by atoms with van der Waals surface area (Å²) in [4.78, 5) is 37.3. The van der Waals surface area contributed by atoms with Crippen LogP contribution in [0.3, 0.4) is 0 Å². The number of methoxy groups -OCH3 is 1. The van der Waals surface area contributed by atoms with E-state index in [0.717, 1.165) is 0 Å². The van der Waals surface area contributed by atoms with Crippen LogP contribution in [0.2, 0.25) is 0 Å². The van der Waals surface area contributed by atoms with E-state index in [2.05, 4.69) is 0 Å². The molecule has 0 aliphatic rings. The topological polar surface area (TPSA) is 82.8 Å². The van der Waals surface area contributed by atoms with Gasteiger partial charge in [-0.15, -0.1) is 0 Å². The highest BCUT2D eigenvalue weighted by atomic mass is 16.5. The van der Waals surface area contributed by atoms with Crippen molar-refractivity contribution in [2.45, 2.75) is 26.2 Å². The zero-order valence-corrected chi connectivity index (χ0v) is 15.1. The predicted octanol–water partition coefficient (Wildman–Crippen LogP) is 3.41. The molecule has 6 heteroatoms. The molecule has 0 fully saturated rings. The smallest absolute Gasteiger partial charge is 0.317 e. The molecule has 26 heavy (non-hydrogen) atoms. The molecule has 1 aromatic carbocycles. The third-order valence-electron chi connectivity index (χ3n) is 4.12. The van der Waals surface area contributed by atoms with E-state index in [9.17, 15) is 14.4 Å². The van der Waals surface area contributed by atoms with Gasteiger partial charge in [0.1, 0.15) is 17.5 Å². The summed E-state index contributed by atoms with van der Waals surface area (Å²) in [5, 5.41) is 0. The summed E-state index contributed by atoms with van der Waals surface area (Å²) in [5.41, 5.74) is 0.600. The Bertz CT molecular complexity index is 762. The fourth-order valence-corrected chi connectivity index (χ4v) is 2.96. The van der Waals surface area contributed by atoms with E-state index in [-0.39, 0.29) is 30.4 Å². The van der Waals surface area contributed by atoms with Crippen LogP contribution in [0.5, 0.6) is 5.75 Å². The highest BCUT2D eigenvalue weighted by Crippen LogP contribution is 2.36. The van der Waals surface area contributed by atoms with E-state index >= 15 is 0 Å². The number of ether oxygens (including phenoxy) is 2. The molecule has 2 unspecified atom stereocenters. The Hall–Kier alpha value is -2.89. The number of ketones is 2. The number of esters is 1. The zero-order valence-electron chi connectivity index (χ0n) is 15.1. The number of para-hydroxylation sites is 1. The molecule has 0 spiro atoms. The lowest BCUT2D eigenvalue weighted by molar-refractivity contribution is -0.152. The molecule has 1 aromatic heterocycles. The van der Waals surface area contributed by atoms with Crippen LogP contribution in [0.25, 0.3) is 0 Å². The lowest BCUT2D eigenvalue weighted by Gasteiger charge is -2.25. The van der Waals surface area contributed by atoms with Gasteiger partial charge in [0.05, 0.1) is 20.0 Å². The molecule has 0 amide bonds. The summed E-state index contributed by atoms with van der Waals surface area (Å²) < 4.78 is 15.6. The monoisotopic (exact) mass is 358 g/mol. The van der Waals surface area contributed by atoms with Gasteiger partial charge in [-0.3, -0.25) is 14.4 Å². The van der Waals surface area contributed by atoms with Gasteiger partial charge in [-0.25, -0.2) is 0 Å². The number of furan rings is 1. The standard InChI is InChI=1S/C20H22O6/c1-4-25-20(23)19(13(2)21)15(12-16(22)18-10-7-11-26-18)14-8-5-6-9-17(14)24-3/h5-11,15,19H,4,12H2,1-3H3. The summed E-state index contributed by atoms with van der Waals surface area (Å²) in [6.07, 6.45) is 1.32. The number of hydrogen-bond donors (Lipinski definition) is 0. The number of carbonyl (C=O) groups excluding carboxylic acids is 3. The van der Waals surface area contributed by atoms with Gasteiger partial charge in [0.2, 0.25) is 0 Å². The van der Waals surface area contributed by atoms with E-state index < -0.39 is 17.8 Å². The van der Waals surface area contributed by atoms with Crippen LogP contribution in [0.4, 0.5) is 0 Å². The minimum atomic E-state index is -1.11. The van der Waals surface area contributed by atoms with Crippen LogP contribution in [0.1, 0.15) is 42.3 Å². The molecule has 2 atom stereocenters. The number of Topliss-reactive ketones (excluding diaryl/α,β-unsaturated/α-hetero) is 2. The zero-order chi connectivity index (χ0) is 19.1. The lowest BCUT2D eigenvalue weighted by Crippen LogP contribution is -2.32. The van der Waals surface area contributed by atoms with Crippen LogP contribution in [0, 0.1) is 5.92 Å². The second kappa shape index (κ2) is 8.99. The van der Waals surface area contributed by atoms with Crippen molar-refractivity contribution in [2.75, 3.05) is 13.7 Å². The molecule has 1 heterocycles. The van der Waals surface area contributed by atoms with Gasteiger partial charge in [0.15, 0.2) is 11.5 Å². The predicted molar refractivity (Wildman–Crippen MR) is 94.2 cm³/mol. The van der Waals surface area contributed by atoms with Crippen molar-refractivity contribution >= 4 is 17.5 Å². The SMILES string of the molecule is CCOC(=O)C(C(C)=O)C(CC(=O)c1ccco1)c1ccccc1OC. The summed E-state index contributed by atoms with van der Waals surface area (Å²) in [6, 6.07) is 10.2. The average Bonchev–Trinajstić information content (AvgIpc) is 3.15. The van der Waals surface area contributed by atoms with Gasteiger partial charge < -0.3 is 13.9 Å². The maximum atomic E-state index is 12.6. The fourth-order valence-electron chi connectivity index (χ4n) is 2.96. The maximum absolute atomic E-state index is 12.6. The molecule has 0 N–H and O–H groups in total. The quantitative estimate of drug-likeness (QED) is 0.388. The molecule has 0 bridgehead atoms. The van der Waals surface area contributed by atoms with Crippen LogP contribution >= 0.6 is 0 Å². The Morgan fingerprint density at radius 3 is 2.42 bits per heavy atom. The largest absolute Gasteiger partial charge is 0.496 e. The van der Waals surface area contributed by atoms with Crippen LogP contribution in [-0.2, 0) is 14.3 Å². The minimum absolute atomic E-state index is 0.0864. The van der Waals surface area contributed by atoms with Crippen LogP contribution < -0.4 is 4.74 Å². The Kier molecular flexibility index (Phi) is 6.72. The highest BCUT2D eigenvalue weighted by Gasteiger charge is 2.38. The number of carbonyl (C=O) groups is 3. The molecule has 0 aliphatic carbocycles. The third kappa shape index (κ3) is 4.39. The van der Waals surface area contributed by atoms with E-state index in [0.29, 0.717) is 11.3 Å². The number of rotatable bonds is 9. The van der Waals surface area contributed by atoms with Crippen LogP contribution in [-0.4, -0.2) is 31.3 Å². The summed E-state index contributed by atoms with van der Waals surface area (Å²) >= 11 is 0. The van der Waals surface area contributed by atoms with Crippen molar-refractivity contribution in [1.82, 2.24) is 0 Å². The molecular weight excluding hydrogens is 336 g/mol. The summed E-state index contributed by atoms with van der Waals surface area (Å²) in [5.74, 6) is -2.47. The van der Waals surface area contributed by atoms with Crippen molar-refractivity contribution in [2.24, 2.45) is 5.92 Å². The Balaban J connectivity index is 2.47. The van der Waals surface area contributed by atoms with Crippen molar-refractivity contribution in [3.05, 3.63) is 54.0 Å². The van der Waals surface area contributed by atoms with E-state index in [1.807, 2.05) is 0 Å². The Labute approximate surface area is 152 Å². The first-order chi connectivity index (χ1) is 12.5. The first kappa shape index (κ1) is 19.4. The first-order valence-corrected chi connectivity index (χ1v) is 8.36. The number of benzene rings is 1. The molecule has 138 valence electrons. The fraction of sp³-hybridized carbons (Fsp3) is 0.350. The van der Waals surface area contributed by atoms with Gasteiger partial charge in [0, 0.05) is 12.3 Å². The van der Waals surface area contributed by atoms with E-state index in [1.165, 1.54) is 20.3 Å². The van der Waals surface area contributed by atoms with Crippen molar-refractivity contribution < 1.29 is 28.3 Å². The molecule has 0 saturated heterocycles. The van der Waals surface area contributed by atoms with Gasteiger partial charge in [-0.05, 0) is 37.6 Å². The number of hydrogen-bond acceptors (Lipinski definition) is 6. The second-order valence-corrected chi connectivity index (χ2v) is 5.79. The normalized spacial score (nSPS) is 12.9. The molecule has 2 rings (SSSR count). The van der Waals surface area contributed by atoms with E-state index in [4.69, 9.17) is 13.9 Å². The van der Waals surface area contributed by atoms with Gasteiger partial charge >= 0.3 is 5.97 Å². The summed E-state index contributed by atoms with van der Waals surface area (Å²) in [7, 11) is 1.50. The maximum Gasteiger partial charge on any atom is 0.317 e. The van der Waals surface area contributed by atoms with Gasteiger partial charge in [-0.1, -0.05) is 18.2 Å². The highest BCUT2D eigenvalue weighted by molar-refractivity contribution is 6.01. The van der Waals surface area contributed by atoms with Crippen molar-refractivity contribution in [3.63, 3.8) is 0 Å². The molecule has 2 aromatic rings. The molecule has 0 saturated carbocycles. The molecule has 6 nitrogen and oxygen atoms in total. The Morgan fingerprint density at radius 1 is 1.12 bits per heavy atom.